The number of halogens is 1. The molecule has 2 heterocycles. The molecule has 1 amide bonds. The van der Waals surface area contributed by atoms with E-state index in [2.05, 4.69) is 15.9 Å². The summed E-state index contributed by atoms with van der Waals surface area (Å²) in [7, 11) is 4.23. The molecule has 0 fully saturated rings. The van der Waals surface area contributed by atoms with Crippen LogP contribution in [0.2, 0.25) is 0 Å². The van der Waals surface area contributed by atoms with Crippen molar-refractivity contribution in [2.75, 3.05) is 14.2 Å². The molecule has 35 heavy (non-hydrogen) atoms. The number of ether oxygens (including phenoxy) is 2. The molecule has 0 spiro atoms. The van der Waals surface area contributed by atoms with Crippen molar-refractivity contribution in [1.82, 2.24) is 9.63 Å². The highest BCUT2D eigenvalue weighted by atomic mass is 79.9. The molecule has 1 aromatic heterocycles. The molecule has 184 valence electrons. The summed E-state index contributed by atoms with van der Waals surface area (Å²) in [6.45, 7) is 3.70. The van der Waals surface area contributed by atoms with E-state index in [1.54, 1.807) is 0 Å². The smallest absolute Gasteiger partial charge is 0.322 e. The number of hydrogen-bond donors (Lipinski definition) is 0. The number of nitrogens with zero attached hydrogens (tertiary/aromatic N) is 2. The minimum Gasteiger partial charge on any atom is -0.468 e. The van der Waals surface area contributed by atoms with Crippen LogP contribution in [-0.4, -0.2) is 41.7 Å². The zero-order valence-corrected chi connectivity index (χ0v) is 21.8. The molecule has 2 aromatic carbocycles. The fourth-order valence-electron chi connectivity index (χ4n) is 4.82. The summed E-state index contributed by atoms with van der Waals surface area (Å²) in [5.74, 6) is -3.47. The molecule has 0 saturated carbocycles. The lowest BCUT2D eigenvalue weighted by molar-refractivity contribution is -0.226. The third-order valence-corrected chi connectivity index (χ3v) is 7.03. The first-order valence-corrected chi connectivity index (χ1v) is 11.9. The summed E-state index contributed by atoms with van der Waals surface area (Å²) in [6, 6.07) is 14.0. The van der Waals surface area contributed by atoms with Crippen LogP contribution in [0.25, 0.3) is 10.9 Å². The molecule has 1 aliphatic heterocycles. The van der Waals surface area contributed by atoms with E-state index < -0.39 is 29.3 Å². The Kier molecular flexibility index (Phi) is 6.75. The minimum atomic E-state index is -1.45. The quantitative estimate of drug-likeness (QED) is 0.342. The van der Waals surface area contributed by atoms with Crippen LogP contribution in [0.15, 0.2) is 53.0 Å². The third-order valence-electron chi connectivity index (χ3n) is 6.54. The number of carbonyl (C=O) groups excluding carboxylic acids is 3. The first-order chi connectivity index (χ1) is 16.6. The predicted octanol–water partition coefficient (Wildman–Crippen LogP) is 4.20. The first-order valence-electron chi connectivity index (χ1n) is 11.1. The fourth-order valence-corrected chi connectivity index (χ4v) is 5.18. The number of fused-ring (bicyclic) bond motifs is 3. The Labute approximate surface area is 211 Å². The van der Waals surface area contributed by atoms with Gasteiger partial charge in [-0.05, 0) is 43.2 Å². The van der Waals surface area contributed by atoms with E-state index in [0.717, 1.165) is 31.6 Å². The Morgan fingerprint density at radius 2 is 1.69 bits per heavy atom. The number of carbonyl (C=O) groups is 3. The van der Waals surface area contributed by atoms with Crippen LogP contribution < -0.4 is 0 Å². The van der Waals surface area contributed by atoms with Gasteiger partial charge in [0, 0.05) is 28.1 Å². The van der Waals surface area contributed by atoms with Gasteiger partial charge in [0.05, 0.1) is 19.6 Å². The second-order valence-electron chi connectivity index (χ2n) is 8.96. The average Bonchev–Trinajstić information content (AvgIpc) is 3.14. The largest absolute Gasteiger partial charge is 0.468 e. The van der Waals surface area contributed by atoms with Gasteiger partial charge in [-0.1, -0.05) is 46.3 Å². The summed E-state index contributed by atoms with van der Waals surface area (Å²) in [5, 5.41) is 2.00. The summed E-state index contributed by atoms with van der Waals surface area (Å²) in [6.07, 6.45) is 0. The summed E-state index contributed by atoms with van der Waals surface area (Å²) in [4.78, 5) is 46.0. The first kappa shape index (κ1) is 24.9. The molecular weight excluding hydrogens is 516 g/mol. The molecule has 0 N–H and O–H groups in total. The maximum absolute atomic E-state index is 14.0. The highest BCUT2D eigenvalue weighted by molar-refractivity contribution is 9.10. The van der Waals surface area contributed by atoms with Gasteiger partial charge in [-0.25, -0.2) is 5.06 Å². The van der Waals surface area contributed by atoms with E-state index in [1.165, 1.54) is 14.2 Å². The van der Waals surface area contributed by atoms with Crippen LogP contribution in [0.3, 0.4) is 0 Å². The highest BCUT2D eigenvalue weighted by Crippen LogP contribution is 2.49. The molecular formula is C26H27BrN2O6. The Balaban J connectivity index is 1.98. The SMILES string of the molecule is COC(=O)C(C(=O)OC)C1c2c(c3cc(Br)ccc3n2C)C(C)(C)C(=O)N1OCc1ccccc1. The lowest BCUT2D eigenvalue weighted by Crippen LogP contribution is -2.54. The molecule has 8 nitrogen and oxygen atoms in total. The molecule has 0 bridgehead atoms. The van der Waals surface area contributed by atoms with Crippen molar-refractivity contribution in [3.8, 4) is 0 Å². The van der Waals surface area contributed by atoms with Crippen LogP contribution in [0, 0.1) is 5.92 Å². The number of aromatic nitrogens is 1. The van der Waals surface area contributed by atoms with Gasteiger partial charge in [0.2, 0.25) is 0 Å². The summed E-state index contributed by atoms with van der Waals surface area (Å²) < 4.78 is 12.7. The molecule has 9 heteroatoms. The monoisotopic (exact) mass is 542 g/mol. The normalized spacial score (nSPS) is 16.9. The molecule has 0 radical (unpaired) electrons. The van der Waals surface area contributed by atoms with Crippen LogP contribution in [-0.2, 0) is 47.8 Å². The van der Waals surface area contributed by atoms with E-state index >= 15 is 0 Å². The van der Waals surface area contributed by atoms with Crippen LogP contribution in [0.4, 0.5) is 0 Å². The van der Waals surface area contributed by atoms with Crippen LogP contribution >= 0.6 is 15.9 Å². The number of hydrogen-bond acceptors (Lipinski definition) is 6. The Bertz CT molecular complexity index is 1280. The highest BCUT2D eigenvalue weighted by Gasteiger charge is 2.55. The van der Waals surface area contributed by atoms with Crippen molar-refractivity contribution in [1.29, 1.82) is 0 Å². The van der Waals surface area contributed by atoms with E-state index in [9.17, 15) is 14.4 Å². The molecule has 0 saturated heterocycles. The van der Waals surface area contributed by atoms with Gasteiger partial charge in [0.15, 0.2) is 5.92 Å². The lowest BCUT2D eigenvalue weighted by Gasteiger charge is -2.43. The topological polar surface area (TPSA) is 87.1 Å². The number of benzene rings is 2. The second kappa shape index (κ2) is 9.47. The number of amides is 1. The van der Waals surface area contributed by atoms with Crippen molar-refractivity contribution in [2.24, 2.45) is 13.0 Å². The molecule has 3 aromatic rings. The van der Waals surface area contributed by atoms with Gasteiger partial charge >= 0.3 is 11.9 Å². The van der Waals surface area contributed by atoms with Gasteiger partial charge < -0.3 is 14.0 Å². The third kappa shape index (κ3) is 4.12. The molecule has 0 aliphatic carbocycles. The zero-order chi connectivity index (χ0) is 25.5. The van der Waals surface area contributed by atoms with E-state index in [4.69, 9.17) is 14.3 Å². The zero-order valence-electron chi connectivity index (χ0n) is 20.2. The maximum atomic E-state index is 14.0. The van der Waals surface area contributed by atoms with Gasteiger partial charge in [-0.2, -0.15) is 0 Å². The van der Waals surface area contributed by atoms with Gasteiger partial charge in [-0.15, -0.1) is 0 Å². The predicted molar refractivity (Wildman–Crippen MR) is 132 cm³/mol. The van der Waals surface area contributed by atoms with Crippen LogP contribution in [0.1, 0.15) is 36.7 Å². The molecule has 4 rings (SSSR count). The molecule has 1 aliphatic rings. The number of methoxy groups -OCH3 is 2. The molecule has 1 atom stereocenters. The Morgan fingerprint density at radius 3 is 2.29 bits per heavy atom. The summed E-state index contributed by atoms with van der Waals surface area (Å²) >= 11 is 3.52. The van der Waals surface area contributed by atoms with E-state index in [-0.39, 0.29) is 12.5 Å². The van der Waals surface area contributed by atoms with Crippen molar-refractivity contribution in [3.63, 3.8) is 0 Å². The fraction of sp³-hybridized carbons (Fsp3) is 0.346. The van der Waals surface area contributed by atoms with Crippen molar-refractivity contribution >= 4 is 44.7 Å². The average molecular weight is 543 g/mol. The summed E-state index contributed by atoms with van der Waals surface area (Å²) in [5.41, 5.74) is 2.00. The number of rotatable bonds is 6. The number of esters is 2. The van der Waals surface area contributed by atoms with Gasteiger partial charge in [0.25, 0.3) is 5.91 Å². The number of aryl methyl sites for hydroxylation is 1. The Hall–Kier alpha value is -3.17. The lowest BCUT2D eigenvalue weighted by atomic mass is 9.75. The van der Waals surface area contributed by atoms with Crippen LogP contribution in [0.5, 0.6) is 0 Å². The van der Waals surface area contributed by atoms with Gasteiger partial charge in [-0.3, -0.25) is 19.2 Å². The standard InChI is InChI=1S/C26H27BrN2O6/c1-26(2)20-17-13-16(27)11-12-18(17)28(3)22(20)21(19(23(30)33-4)24(31)34-5)29(25(26)32)35-14-15-9-7-6-8-10-15/h6-13,19,21H,14H2,1-5H3. The number of hydroxylamine groups is 2. The minimum absolute atomic E-state index is 0.0685. The van der Waals surface area contributed by atoms with E-state index in [0.29, 0.717) is 5.69 Å². The second-order valence-corrected chi connectivity index (χ2v) is 9.88. The van der Waals surface area contributed by atoms with Crippen molar-refractivity contribution < 1.29 is 28.7 Å². The maximum Gasteiger partial charge on any atom is 0.322 e. The van der Waals surface area contributed by atoms with E-state index in [1.807, 2.05) is 74.0 Å². The Morgan fingerprint density at radius 1 is 1.06 bits per heavy atom. The van der Waals surface area contributed by atoms with Crippen molar-refractivity contribution in [3.05, 3.63) is 69.8 Å². The van der Waals surface area contributed by atoms with Crippen molar-refractivity contribution in [2.45, 2.75) is 31.9 Å². The van der Waals surface area contributed by atoms with Gasteiger partial charge in [0.1, 0.15) is 12.6 Å². The molecule has 1 unspecified atom stereocenters.